The van der Waals surface area contributed by atoms with Crippen molar-refractivity contribution in [1.29, 1.82) is 0 Å². The fourth-order valence-corrected chi connectivity index (χ4v) is 6.93. The van der Waals surface area contributed by atoms with Crippen molar-refractivity contribution in [2.24, 2.45) is 5.92 Å². The summed E-state index contributed by atoms with van der Waals surface area (Å²) >= 11 is 5.91. The van der Waals surface area contributed by atoms with Gasteiger partial charge in [0, 0.05) is 38.1 Å². The van der Waals surface area contributed by atoms with Gasteiger partial charge in [-0.15, -0.1) is 0 Å². The average molecular weight is 615 g/mol. The number of hydrogen-bond donors (Lipinski definition) is 1. The molecule has 13 heteroatoms. The molecular formula is C30H30ClF3N6O3. The SMILES string of the molecule is O=C(NC1CCC(CN2C(=O)C3(CN(c4cnn(C5COC5)c4)C3)c3ccc(F)cc32)CC1)c1cc(Cl)cnc1C(F)F. The second-order valence-corrected chi connectivity index (χ2v) is 12.4. The maximum Gasteiger partial charge on any atom is 0.281 e. The number of nitrogens with zero attached hydrogens (tertiary/aromatic N) is 5. The van der Waals surface area contributed by atoms with Gasteiger partial charge >= 0.3 is 0 Å². The van der Waals surface area contributed by atoms with Gasteiger partial charge in [0.05, 0.1) is 47.4 Å². The van der Waals surface area contributed by atoms with E-state index in [0.717, 1.165) is 30.3 Å². The van der Waals surface area contributed by atoms with Crippen LogP contribution in [0.1, 0.15) is 59.8 Å². The number of fused-ring (bicyclic) bond motifs is 2. The van der Waals surface area contributed by atoms with Crippen LogP contribution in [0.15, 0.2) is 42.9 Å². The molecule has 4 aliphatic rings. The van der Waals surface area contributed by atoms with Gasteiger partial charge in [0.2, 0.25) is 5.91 Å². The van der Waals surface area contributed by atoms with Gasteiger partial charge in [0.25, 0.3) is 12.3 Å². The predicted molar refractivity (Wildman–Crippen MR) is 152 cm³/mol. The molecule has 0 radical (unpaired) electrons. The van der Waals surface area contributed by atoms with Crippen LogP contribution >= 0.6 is 11.6 Å². The molecule has 0 bridgehead atoms. The number of carbonyl (C=O) groups excluding carboxylic acids is 2. The highest BCUT2D eigenvalue weighted by molar-refractivity contribution is 6.30. The molecule has 9 nitrogen and oxygen atoms in total. The van der Waals surface area contributed by atoms with Crippen molar-refractivity contribution < 1.29 is 27.5 Å². The van der Waals surface area contributed by atoms with E-state index in [9.17, 15) is 22.8 Å². The monoisotopic (exact) mass is 614 g/mol. The Balaban J connectivity index is 1.00. The lowest BCUT2D eigenvalue weighted by molar-refractivity contribution is -0.124. The van der Waals surface area contributed by atoms with E-state index in [1.165, 1.54) is 18.2 Å². The number of benzene rings is 1. The second kappa shape index (κ2) is 10.8. The molecule has 2 aromatic heterocycles. The maximum absolute atomic E-state index is 14.4. The first-order chi connectivity index (χ1) is 20.7. The number of pyridine rings is 1. The lowest BCUT2D eigenvalue weighted by atomic mass is 9.74. The number of ether oxygens (including phenoxy) is 1. The summed E-state index contributed by atoms with van der Waals surface area (Å²) in [7, 11) is 0. The Morgan fingerprint density at radius 3 is 2.60 bits per heavy atom. The van der Waals surface area contributed by atoms with Crippen molar-refractivity contribution in [2.45, 2.75) is 49.6 Å². The quantitative estimate of drug-likeness (QED) is 0.416. The lowest BCUT2D eigenvalue weighted by Crippen LogP contribution is -2.64. The molecule has 1 saturated carbocycles. The Morgan fingerprint density at radius 1 is 1.14 bits per heavy atom. The van der Waals surface area contributed by atoms with E-state index in [1.54, 1.807) is 11.0 Å². The molecule has 0 unspecified atom stereocenters. The molecule has 2 saturated heterocycles. The Morgan fingerprint density at radius 2 is 1.91 bits per heavy atom. The molecule has 1 spiro atoms. The van der Waals surface area contributed by atoms with E-state index in [4.69, 9.17) is 16.3 Å². The molecule has 2 amide bonds. The molecule has 3 aliphatic heterocycles. The van der Waals surface area contributed by atoms with Gasteiger partial charge in [-0.3, -0.25) is 19.3 Å². The molecule has 5 heterocycles. The van der Waals surface area contributed by atoms with Crippen LogP contribution in [0.25, 0.3) is 0 Å². The van der Waals surface area contributed by atoms with Gasteiger partial charge < -0.3 is 19.9 Å². The van der Waals surface area contributed by atoms with E-state index >= 15 is 0 Å². The van der Waals surface area contributed by atoms with Crippen molar-refractivity contribution in [2.75, 3.05) is 42.6 Å². The highest BCUT2D eigenvalue weighted by Crippen LogP contribution is 2.49. The summed E-state index contributed by atoms with van der Waals surface area (Å²) in [6.07, 6.45) is 4.68. The number of rotatable bonds is 7. The molecule has 3 fully saturated rings. The Kier molecular flexibility index (Phi) is 7.08. The Bertz CT molecular complexity index is 1570. The molecule has 1 aliphatic carbocycles. The zero-order chi connectivity index (χ0) is 29.9. The minimum Gasteiger partial charge on any atom is -0.377 e. The van der Waals surface area contributed by atoms with Crippen LogP contribution < -0.4 is 15.1 Å². The Hall–Kier alpha value is -3.64. The molecule has 0 atom stereocenters. The summed E-state index contributed by atoms with van der Waals surface area (Å²) < 4.78 is 48.4. The molecule has 7 rings (SSSR count). The van der Waals surface area contributed by atoms with E-state index < -0.39 is 23.4 Å². The number of aromatic nitrogens is 3. The van der Waals surface area contributed by atoms with Gasteiger partial charge in [-0.1, -0.05) is 17.7 Å². The number of carbonyl (C=O) groups is 2. The number of anilines is 2. The lowest BCUT2D eigenvalue weighted by Gasteiger charge is -2.47. The zero-order valence-corrected chi connectivity index (χ0v) is 23.9. The fraction of sp³-hybridized carbons (Fsp3) is 0.467. The van der Waals surface area contributed by atoms with Crippen molar-refractivity contribution in [3.63, 3.8) is 0 Å². The number of hydrogen-bond acceptors (Lipinski definition) is 6. The van der Waals surface area contributed by atoms with Gasteiger partial charge in [0.15, 0.2) is 0 Å². The van der Waals surface area contributed by atoms with Crippen LogP contribution in [0.2, 0.25) is 5.02 Å². The zero-order valence-electron chi connectivity index (χ0n) is 23.2. The van der Waals surface area contributed by atoms with E-state index in [-0.39, 0.29) is 40.3 Å². The number of nitrogens with one attached hydrogen (secondary N) is 1. The summed E-state index contributed by atoms with van der Waals surface area (Å²) in [6.45, 7) is 2.72. The van der Waals surface area contributed by atoms with Gasteiger partial charge in [0.1, 0.15) is 16.9 Å². The number of halogens is 4. The largest absolute Gasteiger partial charge is 0.377 e. The van der Waals surface area contributed by atoms with Crippen LogP contribution in [0.3, 0.4) is 0 Å². The molecule has 43 heavy (non-hydrogen) atoms. The van der Waals surface area contributed by atoms with Gasteiger partial charge in [-0.05, 0) is 55.4 Å². The first-order valence-corrected chi connectivity index (χ1v) is 14.8. The first kappa shape index (κ1) is 28.1. The highest BCUT2D eigenvalue weighted by atomic mass is 35.5. The third-order valence-electron chi connectivity index (χ3n) is 9.25. The third kappa shape index (κ3) is 4.94. The number of alkyl halides is 2. The maximum atomic E-state index is 14.4. The van der Waals surface area contributed by atoms with Crippen molar-refractivity contribution in [3.8, 4) is 0 Å². The topological polar surface area (TPSA) is 92.6 Å². The minimum atomic E-state index is -2.90. The predicted octanol–water partition coefficient (Wildman–Crippen LogP) is 4.67. The van der Waals surface area contributed by atoms with E-state index in [2.05, 4.69) is 20.3 Å². The number of amides is 2. The first-order valence-electron chi connectivity index (χ1n) is 14.4. The summed E-state index contributed by atoms with van der Waals surface area (Å²) in [5.41, 5.74) is 0.858. The second-order valence-electron chi connectivity index (χ2n) is 12.0. The Labute approximate surface area is 250 Å². The molecule has 226 valence electrons. The minimum absolute atomic E-state index is 0.0208. The molecular weight excluding hydrogens is 585 g/mol. The average Bonchev–Trinajstić information content (AvgIpc) is 3.48. The van der Waals surface area contributed by atoms with Crippen LogP contribution in [0, 0.1) is 11.7 Å². The van der Waals surface area contributed by atoms with Crippen LogP contribution in [0.5, 0.6) is 0 Å². The normalized spacial score (nSPS) is 23.0. The van der Waals surface area contributed by atoms with Crippen LogP contribution in [0.4, 0.5) is 24.5 Å². The molecule has 1 N–H and O–H groups in total. The van der Waals surface area contributed by atoms with Crippen LogP contribution in [-0.2, 0) is 14.9 Å². The summed E-state index contributed by atoms with van der Waals surface area (Å²) in [6, 6.07) is 5.84. The molecule has 3 aromatic rings. The highest BCUT2D eigenvalue weighted by Gasteiger charge is 2.58. The third-order valence-corrected chi connectivity index (χ3v) is 9.46. The standard InChI is InChI=1S/C30H30ClF3N6O3/c31-18-7-23(26(27(33)34)35-9-18)28(41)37-20-4-1-17(2-5-20)11-39-25-8-19(32)3-6-24(25)30(29(39)42)15-38(16-30)21-10-36-40(12-21)22-13-43-14-22/h3,6-10,12,17,20,22,27H,1-2,4-5,11,13-16H2,(H,37,41). The van der Waals surface area contributed by atoms with Crippen molar-refractivity contribution >= 4 is 34.8 Å². The summed E-state index contributed by atoms with van der Waals surface area (Å²) in [5, 5.41) is 7.42. The summed E-state index contributed by atoms with van der Waals surface area (Å²) in [4.78, 5) is 34.3. The van der Waals surface area contributed by atoms with Gasteiger partial charge in [-0.2, -0.15) is 5.10 Å². The van der Waals surface area contributed by atoms with Crippen LogP contribution in [-0.4, -0.2) is 65.5 Å². The van der Waals surface area contributed by atoms with E-state index in [1.807, 2.05) is 17.1 Å². The van der Waals surface area contributed by atoms with E-state index in [0.29, 0.717) is 51.4 Å². The fourth-order valence-electron chi connectivity index (χ4n) is 6.77. The van der Waals surface area contributed by atoms with Crippen molar-refractivity contribution in [1.82, 2.24) is 20.1 Å². The van der Waals surface area contributed by atoms with Crippen molar-refractivity contribution in [3.05, 3.63) is 70.5 Å². The molecule has 1 aromatic carbocycles. The smallest absolute Gasteiger partial charge is 0.281 e. The van der Waals surface area contributed by atoms with Gasteiger partial charge in [-0.25, -0.2) is 13.2 Å². The summed E-state index contributed by atoms with van der Waals surface area (Å²) in [5.74, 6) is -0.894.